The molecule has 0 aliphatic heterocycles. The zero-order valence-electron chi connectivity index (χ0n) is 13.9. The predicted molar refractivity (Wildman–Crippen MR) is 94.5 cm³/mol. The van der Waals surface area contributed by atoms with Crippen LogP contribution in [-0.4, -0.2) is 34.0 Å². The lowest BCUT2D eigenvalue weighted by Crippen LogP contribution is -2.50. The minimum atomic E-state index is -1.20. The monoisotopic (exact) mass is 357 g/mol. The number of nitro benzene ring substituents is 1. The summed E-state index contributed by atoms with van der Waals surface area (Å²) in [5.74, 6) is -1.77. The quantitative estimate of drug-likeness (QED) is 0.481. The first-order valence-corrected chi connectivity index (χ1v) is 7.93. The van der Waals surface area contributed by atoms with Crippen molar-refractivity contribution in [1.82, 2.24) is 5.32 Å². The minimum absolute atomic E-state index is 0.00285. The number of hydrogen-bond donors (Lipinski definition) is 3. The van der Waals surface area contributed by atoms with E-state index in [2.05, 4.69) is 5.32 Å². The summed E-state index contributed by atoms with van der Waals surface area (Å²) in [6, 6.07) is 12.6. The standard InChI is InChI=1S/C18H19N3O5/c19-15(10-12-4-2-1-3-5-12)17(22)20-16(18(23)24)11-13-6-8-14(9-7-13)21(25)26/h1-9,15-16H,10-11,19H2,(H,20,22)(H,23,24)/t15-,16-/m0/s1. The SMILES string of the molecule is N[C@@H](Cc1ccccc1)C(=O)N[C@@H](Cc1ccc([N+](=O)[O-])cc1)C(=O)O. The fourth-order valence-electron chi connectivity index (χ4n) is 2.43. The van der Waals surface area contributed by atoms with Crippen LogP contribution in [0.3, 0.4) is 0 Å². The Bertz CT molecular complexity index is 777. The topological polar surface area (TPSA) is 136 Å². The second-order valence-electron chi connectivity index (χ2n) is 5.82. The van der Waals surface area contributed by atoms with E-state index in [1.54, 1.807) is 0 Å². The number of carboxylic acids is 1. The third-order valence-electron chi connectivity index (χ3n) is 3.84. The van der Waals surface area contributed by atoms with Crippen molar-refractivity contribution < 1.29 is 19.6 Å². The Morgan fingerprint density at radius 2 is 1.62 bits per heavy atom. The van der Waals surface area contributed by atoms with E-state index in [9.17, 15) is 24.8 Å². The highest BCUT2D eigenvalue weighted by molar-refractivity contribution is 5.87. The molecule has 0 unspecified atom stereocenters. The van der Waals surface area contributed by atoms with E-state index in [1.807, 2.05) is 30.3 Å². The first kappa shape index (κ1) is 19.1. The summed E-state index contributed by atoms with van der Waals surface area (Å²) in [6.07, 6.45) is 0.285. The van der Waals surface area contributed by atoms with E-state index in [1.165, 1.54) is 24.3 Å². The summed E-state index contributed by atoms with van der Waals surface area (Å²) >= 11 is 0. The highest BCUT2D eigenvalue weighted by atomic mass is 16.6. The molecule has 2 rings (SSSR count). The number of nitrogens with zero attached hydrogens (tertiary/aromatic N) is 1. The number of aliphatic carboxylic acids is 1. The molecule has 0 fully saturated rings. The van der Waals surface area contributed by atoms with Gasteiger partial charge in [0, 0.05) is 18.6 Å². The lowest BCUT2D eigenvalue weighted by atomic mass is 10.0. The van der Waals surface area contributed by atoms with Crippen LogP contribution in [0.5, 0.6) is 0 Å². The molecule has 136 valence electrons. The molecule has 0 saturated carbocycles. The molecule has 2 atom stereocenters. The molecule has 8 heteroatoms. The second-order valence-corrected chi connectivity index (χ2v) is 5.82. The van der Waals surface area contributed by atoms with Gasteiger partial charge < -0.3 is 16.2 Å². The Labute approximate surface area is 149 Å². The van der Waals surface area contributed by atoms with Gasteiger partial charge in [0.25, 0.3) is 5.69 Å². The van der Waals surface area contributed by atoms with Crippen LogP contribution in [-0.2, 0) is 22.4 Å². The minimum Gasteiger partial charge on any atom is -0.480 e. The maximum Gasteiger partial charge on any atom is 0.326 e. The Morgan fingerprint density at radius 3 is 2.15 bits per heavy atom. The number of rotatable bonds is 8. The molecule has 0 radical (unpaired) electrons. The second kappa shape index (κ2) is 8.72. The van der Waals surface area contributed by atoms with Gasteiger partial charge in [0.1, 0.15) is 6.04 Å². The van der Waals surface area contributed by atoms with Crippen LogP contribution >= 0.6 is 0 Å². The molecule has 0 heterocycles. The average molecular weight is 357 g/mol. The molecule has 2 aromatic carbocycles. The van der Waals surface area contributed by atoms with Crippen LogP contribution in [0.1, 0.15) is 11.1 Å². The smallest absolute Gasteiger partial charge is 0.326 e. The number of carboxylic acid groups (broad SMARTS) is 1. The van der Waals surface area contributed by atoms with Crippen molar-refractivity contribution >= 4 is 17.6 Å². The normalized spacial score (nSPS) is 12.8. The maximum absolute atomic E-state index is 12.2. The highest BCUT2D eigenvalue weighted by Gasteiger charge is 2.24. The molecular formula is C18H19N3O5. The summed E-state index contributed by atoms with van der Waals surface area (Å²) in [7, 11) is 0. The number of non-ortho nitro benzene ring substituents is 1. The largest absolute Gasteiger partial charge is 0.480 e. The van der Waals surface area contributed by atoms with Crippen LogP contribution in [0, 0.1) is 10.1 Å². The molecule has 8 nitrogen and oxygen atoms in total. The van der Waals surface area contributed by atoms with Crippen molar-refractivity contribution in [1.29, 1.82) is 0 Å². The van der Waals surface area contributed by atoms with E-state index in [0.717, 1.165) is 5.56 Å². The van der Waals surface area contributed by atoms with Gasteiger partial charge in [0.05, 0.1) is 11.0 Å². The molecule has 0 spiro atoms. The summed E-state index contributed by atoms with van der Waals surface area (Å²) in [5.41, 5.74) is 7.20. The fourth-order valence-corrected chi connectivity index (χ4v) is 2.43. The molecule has 0 aromatic heterocycles. The zero-order chi connectivity index (χ0) is 19.1. The van der Waals surface area contributed by atoms with Gasteiger partial charge in [-0.15, -0.1) is 0 Å². The van der Waals surface area contributed by atoms with Crippen molar-refractivity contribution in [3.63, 3.8) is 0 Å². The number of hydrogen-bond acceptors (Lipinski definition) is 5. The summed E-state index contributed by atoms with van der Waals surface area (Å²) in [5, 5.41) is 22.4. The number of nitrogens with one attached hydrogen (secondary N) is 1. The molecule has 0 aliphatic carbocycles. The van der Waals surface area contributed by atoms with Crippen molar-refractivity contribution in [2.75, 3.05) is 0 Å². The van der Waals surface area contributed by atoms with Gasteiger partial charge in [-0.05, 0) is 17.5 Å². The number of carbonyl (C=O) groups is 2. The lowest BCUT2D eigenvalue weighted by Gasteiger charge is -2.18. The zero-order valence-corrected chi connectivity index (χ0v) is 13.9. The first-order valence-electron chi connectivity index (χ1n) is 7.93. The lowest BCUT2D eigenvalue weighted by molar-refractivity contribution is -0.384. The first-order chi connectivity index (χ1) is 12.4. The fraction of sp³-hybridized carbons (Fsp3) is 0.222. The van der Waals surface area contributed by atoms with Crippen molar-refractivity contribution in [2.45, 2.75) is 24.9 Å². The van der Waals surface area contributed by atoms with Crippen molar-refractivity contribution in [3.8, 4) is 0 Å². The van der Waals surface area contributed by atoms with Gasteiger partial charge in [-0.25, -0.2) is 4.79 Å². The Balaban J connectivity index is 1.99. The van der Waals surface area contributed by atoms with Gasteiger partial charge in [0.2, 0.25) is 5.91 Å². The molecular weight excluding hydrogens is 338 g/mol. The number of carbonyl (C=O) groups excluding carboxylic acids is 1. The third-order valence-corrected chi connectivity index (χ3v) is 3.84. The van der Waals surface area contributed by atoms with E-state index in [4.69, 9.17) is 5.73 Å². The molecule has 1 amide bonds. The van der Waals surface area contributed by atoms with Gasteiger partial charge in [0.15, 0.2) is 0 Å². The molecule has 4 N–H and O–H groups in total. The summed E-state index contributed by atoms with van der Waals surface area (Å²) < 4.78 is 0. The molecule has 0 saturated heterocycles. The van der Waals surface area contributed by atoms with E-state index in [-0.39, 0.29) is 18.5 Å². The number of benzene rings is 2. The van der Waals surface area contributed by atoms with Gasteiger partial charge in [-0.1, -0.05) is 42.5 Å². The number of amides is 1. The molecule has 0 aliphatic rings. The third kappa shape index (κ3) is 5.38. The van der Waals surface area contributed by atoms with E-state index in [0.29, 0.717) is 5.56 Å². The summed E-state index contributed by atoms with van der Waals surface area (Å²) in [4.78, 5) is 33.8. The van der Waals surface area contributed by atoms with Crippen LogP contribution in [0.2, 0.25) is 0 Å². The number of nitrogens with two attached hydrogens (primary N) is 1. The van der Waals surface area contributed by atoms with Gasteiger partial charge in [-0.3, -0.25) is 14.9 Å². The van der Waals surface area contributed by atoms with Crippen LogP contribution in [0.15, 0.2) is 54.6 Å². The number of nitro groups is 1. The van der Waals surface area contributed by atoms with E-state index < -0.39 is 28.9 Å². The van der Waals surface area contributed by atoms with Crippen molar-refractivity contribution in [3.05, 3.63) is 75.8 Å². The maximum atomic E-state index is 12.2. The van der Waals surface area contributed by atoms with Crippen LogP contribution < -0.4 is 11.1 Å². The Morgan fingerprint density at radius 1 is 1.04 bits per heavy atom. The molecule has 0 bridgehead atoms. The predicted octanol–water partition coefficient (Wildman–Crippen LogP) is 1.28. The van der Waals surface area contributed by atoms with Gasteiger partial charge in [-0.2, -0.15) is 0 Å². The van der Waals surface area contributed by atoms with Crippen LogP contribution in [0.4, 0.5) is 5.69 Å². The highest BCUT2D eigenvalue weighted by Crippen LogP contribution is 2.13. The molecule has 26 heavy (non-hydrogen) atoms. The van der Waals surface area contributed by atoms with E-state index >= 15 is 0 Å². The Kier molecular flexibility index (Phi) is 6.40. The summed E-state index contributed by atoms with van der Waals surface area (Å²) in [6.45, 7) is 0. The van der Waals surface area contributed by atoms with Gasteiger partial charge >= 0.3 is 5.97 Å². The molecule has 2 aromatic rings. The van der Waals surface area contributed by atoms with Crippen molar-refractivity contribution in [2.24, 2.45) is 5.73 Å². The van der Waals surface area contributed by atoms with Crippen LogP contribution in [0.25, 0.3) is 0 Å². The average Bonchev–Trinajstić information content (AvgIpc) is 2.62. The Hall–Kier alpha value is -3.26.